The highest BCUT2D eigenvalue weighted by molar-refractivity contribution is 9.04. The minimum absolute atomic E-state index is 0.457. The van der Waals surface area contributed by atoms with Gasteiger partial charge in [0.05, 0.1) is 13.2 Å². The third-order valence-corrected chi connectivity index (χ3v) is 17.0. The maximum absolute atomic E-state index is 12.8. The summed E-state index contributed by atoms with van der Waals surface area (Å²) in [4.78, 5) is 0. The fourth-order valence-electron chi connectivity index (χ4n) is 1.21. The highest BCUT2D eigenvalue weighted by atomic mass is 33.2. The van der Waals surface area contributed by atoms with Gasteiger partial charge >= 0.3 is 7.28 Å². The van der Waals surface area contributed by atoms with Crippen LogP contribution in [0, 0.1) is 0 Å². The van der Waals surface area contributed by atoms with Gasteiger partial charge in [-0.3, -0.25) is 4.57 Å². The summed E-state index contributed by atoms with van der Waals surface area (Å²) in [5.74, 6) is 2.09. The van der Waals surface area contributed by atoms with Gasteiger partial charge in [-0.1, -0.05) is 26.7 Å². The summed E-state index contributed by atoms with van der Waals surface area (Å²) in [6.07, 6.45) is 4.67. The molecule has 0 fully saturated rings. The molecule has 0 amide bonds. The topological polar surface area (TPSA) is 35.5 Å². The second-order valence-corrected chi connectivity index (χ2v) is 15.9. The summed E-state index contributed by atoms with van der Waals surface area (Å²) >= 11 is 3.60. The molecule has 0 aliphatic carbocycles. The van der Waals surface area contributed by atoms with E-state index in [-0.39, 0.29) is 0 Å². The van der Waals surface area contributed by atoms with Crippen molar-refractivity contribution in [3.8, 4) is 0 Å². The smallest absolute Gasteiger partial charge is 0.305 e. The van der Waals surface area contributed by atoms with Gasteiger partial charge in [-0.15, -0.1) is 22.8 Å². The average Bonchev–Trinajstić information content (AvgIpc) is 2.38. The van der Waals surface area contributed by atoms with E-state index >= 15 is 0 Å². The number of rotatable bonds is 13. The highest BCUT2D eigenvalue weighted by Crippen LogP contribution is 2.88. The quantitative estimate of drug-likeness (QED) is 0.279. The molecule has 0 atom stereocenters. The van der Waals surface area contributed by atoms with E-state index in [9.17, 15) is 4.57 Å². The second kappa shape index (κ2) is 13.0. The first-order valence-corrected chi connectivity index (χ1v) is 13.9. The van der Waals surface area contributed by atoms with Crippen molar-refractivity contribution < 1.29 is 13.6 Å². The fraction of sp³-hybridized carbons (Fsp3) is 1.00. The largest absolute Gasteiger partial charge is 0.370 e. The lowest BCUT2D eigenvalue weighted by atomic mass is 10.4. The zero-order chi connectivity index (χ0) is 14.6. The molecule has 3 nitrogen and oxygen atoms in total. The fourth-order valence-corrected chi connectivity index (χ4v) is 15.4. The number of hydrogen-bond donors (Lipinski definition) is 0. The minimum Gasteiger partial charge on any atom is -0.305 e. The Labute approximate surface area is 128 Å². The summed E-state index contributed by atoms with van der Waals surface area (Å²) in [6.45, 7) is 9.03. The predicted molar refractivity (Wildman–Crippen MR) is 92.5 cm³/mol. The molecule has 7 heteroatoms. The molecule has 0 bridgehead atoms. The molecule has 0 N–H and O–H groups in total. The van der Waals surface area contributed by atoms with Crippen molar-refractivity contribution >= 4 is 36.1 Å². The third-order valence-electron chi connectivity index (χ3n) is 2.18. The first-order valence-electron chi connectivity index (χ1n) is 7.10. The van der Waals surface area contributed by atoms with Gasteiger partial charge in [0, 0.05) is 0 Å². The first kappa shape index (κ1) is 20.3. The normalized spacial score (nSPS) is 12.3. The molecule has 0 unspecified atom stereocenters. The van der Waals surface area contributed by atoms with E-state index in [2.05, 4.69) is 13.8 Å². The standard InChI is InChI=1S/C12H28O3P2S2/c1-5-9-11-18-16(19-12-10-6-2)17(13,14-7-3)15-8-4/h5-12H2,1-4H3. The van der Waals surface area contributed by atoms with Crippen molar-refractivity contribution in [1.29, 1.82) is 0 Å². The summed E-state index contributed by atoms with van der Waals surface area (Å²) in [5, 5.41) is 0. The molecule has 0 heterocycles. The molecule has 0 saturated carbocycles. The molecule has 0 saturated heterocycles. The summed E-state index contributed by atoms with van der Waals surface area (Å²) in [7, 11) is -2.92. The molecular formula is C12H28O3P2S2. The van der Waals surface area contributed by atoms with Crippen LogP contribution in [-0.4, -0.2) is 24.7 Å². The molecule has 0 aromatic rings. The van der Waals surface area contributed by atoms with Crippen molar-refractivity contribution in [3.05, 3.63) is 0 Å². The van der Waals surface area contributed by atoms with E-state index in [4.69, 9.17) is 9.05 Å². The van der Waals surface area contributed by atoms with E-state index < -0.39 is 13.3 Å². The summed E-state index contributed by atoms with van der Waals surface area (Å²) < 4.78 is 23.9. The van der Waals surface area contributed by atoms with Crippen molar-refractivity contribution in [1.82, 2.24) is 0 Å². The van der Waals surface area contributed by atoms with Crippen molar-refractivity contribution in [2.24, 2.45) is 0 Å². The first-order chi connectivity index (χ1) is 9.14. The molecular weight excluding hydrogens is 318 g/mol. The van der Waals surface area contributed by atoms with Crippen LogP contribution in [0.15, 0.2) is 0 Å². The molecule has 0 spiro atoms. The van der Waals surface area contributed by atoms with Crippen LogP contribution in [0.2, 0.25) is 0 Å². The van der Waals surface area contributed by atoms with E-state index in [1.165, 1.54) is 12.8 Å². The minimum atomic E-state index is -2.92. The lowest BCUT2D eigenvalue weighted by Crippen LogP contribution is -1.93. The van der Waals surface area contributed by atoms with E-state index in [0.717, 1.165) is 24.3 Å². The Hall–Kier alpha value is 1.28. The molecule has 0 rings (SSSR count). The Morgan fingerprint density at radius 2 is 1.32 bits per heavy atom. The van der Waals surface area contributed by atoms with Gasteiger partial charge in [0.25, 0.3) is 0 Å². The second-order valence-electron chi connectivity index (χ2n) is 3.92. The zero-order valence-electron chi connectivity index (χ0n) is 12.6. The molecule has 116 valence electrons. The Morgan fingerprint density at radius 1 is 0.895 bits per heavy atom. The van der Waals surface area contributed by atoms with Crippen molar-refractivity contribution in [2.75, 3.05) is 24.7 Å². The predicted octanol–water partition coefficient (Wildman–Crippen LogP) is 6.55. The number of unbranched alkanes of at least 4 members (excludes halogenated alkanes) is 2. The molecule has 0 radical (unpaired) electrons. The summed E-state index contributed by atoms with van der Waals surface area (Å²) in [6, 6.07) is -0.797. The Morgan fingerprint density at radius 3 is 1.63 bits per heavy atom. The van der Waals surface area contributed by atoms with Crippen LogP contribution < -0.4 is 0 Å². The van der Waals surface area contributed by atoms with Gasteiger partial charge in [-0.25, -0.2) is 0 Å². The lowest BCUT2D eigenvalue weighted by molar-refractivity contribution is 0.236. The van der Waals surface area contributed by atoms with Gasteiger partial charge in [-0.2, -0.15) is 0 Å². The van der Waals surface area contributed by atoms with Crippen molar-refractivity contribution in [2.45, 2.75) is 53.4 Å². The van der Waals surface area contributed by atoms with E-state index in [1.54, 1.807) is 22.8 Å². The van der Waals surface area contributed by atoms with Gasteiger partial charge in [0.15, 0.2) is 0 Å². The maximum atomic E-state index is 12.8. The van der Waals surface area contributed by atoms with E-state index in [1.807, 2.05) is 13.8 Å². The van der Waals surface area contributed by atoms with Crippen LogP contribution in [0.1, 0.15) is 53.4 Å². The molecule has 0 aromatic carbocycles. The Bertz CT molecular complexity index is 235. The van der Waals surface area contributed by atoms with E-state index in [0.29, 0.717) is 13.2 Å². The SMILES string of the molecule is CCCCSP(SCCCC)P(=O)(OCC)OCC. The van der Waals surface area contributed by atoms with Crippen LogP contribution >= 0.6 is 36.1 Å². The third kappa shape index (κ3) is 9.01. The Kier molecular flexibility index (Phi) is 13.9. The van der Waals surface area contributed by atoms with Crippen LogP contribution in [0.3, 0.4) is 0 Å². The van der Waals surface area contributed by atoms with Gasteiger partial charge in [0.1, 0.15) is 6.01 Å². The van der Waals surface area contributed by atoms with Gasteiger partial charge in [0.2, 0.25) is 0 Å². The van der Waals surface area contributed by atoms with Gasteiger partial charge < -0.3 is 9.05 Å². The van der Waals surface area contributed by atoms with Gasteiger partial charge in [-0.05, 0) is 38.2 Å². The number of hydrogen-bond acceptors (Lipinski definition) is 5. The molecule has 0 aromatic heterocycles. The Balaban J connectivity index is 4.57. The molecule has 19 heavy (non-hydrogen) atoms. The van der Waals surface area contributed by atoms with Crippen LogP contribution in [0.5, 0.6) is 0 Å². The van der Waals surface area contributed by atoms with Crippen molar-refractivity contribution in [3.63, 3.8) is 0 Å². The summed E-state index contributed by atoms with van der Waals surface area (Å²) in [5.41, 5.74) is 0. The van der Waals surface area contributed by atoms with Crippen LogP contribution in [-0.2, 0) is 13.6 Å². The maximum Gasteiger partial charge on any atom is 0.370 e. The average molecular weight is 346 g/mol. The van der Waals surface area contributed by atoms with Crippen LogP contribution in [0.4, 0.5) is 0 Å². The molecule has 0 aliphatic rings. The van der Waals surface area contributed by atoms with Crippen LogP contribution in [0.25, 0.3) is 0 Å². The monoisotopic (exact) mass is 346 g/mol. The zero-order valence-corrected chi connectivity index (χ0v) is 16.0. The lowest BCUT2D eigenvalue weighted by Gasteiger charge is -2.25. The highest BCUT2D eigenvalue weighted by Gasteiger charge is 2.36. The molecule has 0 aliphatic heterocycles.